The fourth-order valence-corrected chi connectivity index (χ4v) is 1.89. The quantitative estimate of drug-likeness (QED) is 0.880. The molecule has 2 aromatic rings. The number of benzene rings is 1. The zero-order valence-electron chi connectivity index (χ0n) is 12.2. The van der Waals surface area contributed by atoms with Gasteiger partial charge >= 0.3 is 0 Å². The van der Waals surface area contributed by atoms with Crippen LogP contribution in [0, 0.1) is 5.92 Å². The smallest absolute Gasteiger partial charge is 0.164 e. The van der Waals surface area contributed by atoms with Crippen LogP contribution in [0.4, 0.5) is 0 Å². The van der Waals surface area contributed by atoms with E-state index in [1.54, 1.807) is 13.3 Å². The van der Waals surface area contributed by atoms with Crippen LogP contribution in [-0.4, -0.2) is 19.9 Å². The monoisotopic (exact) mass is 275 g/mol. The van der Waals surface area contributed by atoms with Crippen molar-refractivity contribution in [2.45, 2.75) is 40.0 Å². The highest BCUT2D eigenvalue weighted by molar-refractivity contribution is 5.28. The summed E-state index contributed by atoms with van der Waals surface area (Å²) in [5, 5.41) is 13.7. The van der Waals surface area contributed by atoms with Gasteiger partial charge in [-0.3, -0.25) is 0 Å². The van der Waals surface area contributed by atoms with Gasteiger partial charge in [-0.15, -0.1) is 0 Å². The number of hydrogen-bond donors (Lipinski definition) is 1. The number of hydrogen-bond acceptors (Lipinski definition) is 4. The molecule has 0 aliphatic rings. The Bertz CT molecular complexity index is 532. The standard InChI is InChI=1S/C15H21N3O2/c1-11(2)8-18-15(16-10-17-18)9-20-14-6-4-13(5-7-14)12(3)19/h4-7,10-12,19H,8-9H2,1-3H3. The van der Waals surface area contributed by atoms with E-state index in [-0.39, 0.29) is 0 Å². The van der Waals surface area contributed by atoms with Gasteiger partial charge in [0.15, 0.2) is 5.82 Å². The lowest BCUT2D eigenvalue weighted by Gasteiger charge is -2.10. The Hall–Kier alpha value is -1.88. The summed E-state index contributed by atoms with van der Waals surface area (Å²) in [6, 6.07) is 7.42. The van der Waals surface area contributed by atoms with Gasteiger partial charge in [0, 0.05) is 6.54 Å². The van der Waals surface area contributed by atoms with E-state index < -0.39 is 6.10 Å². The highest BCUT2D eigenvalue weighted by Crippen LogP contribution is 2.18. The first kappa shape index (κ1) is 14.5. The zero-order valence-corrected chi connectivity index (χ0v) is 12.2. The van der Waals surface area contributed by atoms with Crippen molar-refractivity contribution < 1.29 is 9.84 Å². The molecule has 5 heteroatoms. The summed E-state index contributed by atoms with van der Waals surface area (Å²) < 4.78 is 7.57. The molecule has 0 saturated heterocycles. The van der Waals surface area contributed by atoms with Crippen LogP contribution >= 0.6 is 0 Å². The second-order valence-corrected chi connectivity index (χ2v) is 5.29. The summed E-state index contributed by atoms with van der Waals surface area (Å²) in [5.74, 6) is 2.09. The summed E-state index contributed by atoms with van der Waals surface area (Å²) in [6.07, 6.45) is 1.09. The number of aliphatic hydroxyl groups excluding tert-OH is 1. The molecule has 2 rings (SSSR count). The van der Waals surface area contributed by atoms with Gasteiger partial charge in [0.1, 0.15) is 18.7 Å². The van der Waals surface area contributed by atoms with Crippen molar-refractivity contribution in [1.29, 1.82) is 0 Å². The Balaban J connectivity index is 1.96. The maximum atomic E-state index is 9.45. The molecule has 1 N–H and O–H groups in total. The third-order valence-corrected chi connectivity index (χ3v) is 2.96. The van der Waals surface area contributed by atoms with E-state index in [1.807, 2.05) is 28.9 Å². The number of aliphatic hydroxyl groups is 1. The molecular formula is C15H21N3O2. The van der Waals surface area contributed by atoms with Gasteiger partial charge in [0.2, 0.25) is 0 Å². The molecule has 0 bridgehead atoms. The van der Waals surface area contributed by atoms with Gasteiger partial charge in [-0.1, -0.05) is 26.0 Å². The highest BCUT2D eigenvalue weighted by Gasteiger charge is 2.07. The van der Waals surface area contributed by atoms with E-state index in [4.69, 9.17) is 4.74 Å². The van der Waals surface area contributed by atoms with Gasteiger partial charge in [-0.25, -0.2) is 9.67 Å². The van der Waals surface area contributed by atoms with Gasteiger partial charge < -0.3 is 9.84 Å². The summed E-state index contributed by atoms with van der Waals surface area (Å²) in [6.45, 7) is 7.24. The van der Waals surface area contributed by atoms with Crippen LogP contribution in [0.5, 0.6) is 5.75 Å². The molecule has 5 nitrogen and oxygen atoms in total. The summed E-state index contributed by atoms with van der Waals surface area (Å²) >= 11 is 0. The molecule has 0 aliphatic carbocycles. The van der Waals surface area contributed by atoms with Crippen molar-refractivity contribution >= 4 is 0 Å². The topological polar surface area (TPSA) is 60.2 Å². The van der Waals surface area contributed by atoms with Gasteiger partial charge in [0.05, 0.1) is 6.10 Å². The lowest BCUT2D eigenvalue weighted by molar-refractivity contribution is 0.199. The van der Waals surface area contributed by atoms with Crippen molar-refractivity contribution in [2.75, 3.05) is 0 Å². The van der Waals surface area contributed by atoms with Crippen LogP contribution < -0.4 is 4.74 Å². The van der Waals surface area contributed by atoms with Crippen LogP contribution in [0.3, 0.4) is 0 Å². The second kappa shape index (κ2) is 6.52. The molecule has 0 spiro atoms. The number of ether oxygens (including phenoxy) is 1. The molecule has 0 amide bonds. The Morgan fingerprint density at radius 2 is 1.90 bits per heavy atom. The van der Waals surface area contributed by atoms with E-state index in [9.17, 15) is 5.11 Å². The first-order valence-electron chi connectivity index (χ1n) is 6.83. The van der Waals surface area contributed by atoms with E-state index in [0.717, 1.165) is 23.7 Å². The third-order valence-electron chi connectivity index (χ3n) is 2.96. The Labute approximate surface area is 119 Å². The molecule has 108 valence electrons. The van der Waals surface area contributed by atoms with E-state index in [2.05, 4.69) is 23.9 Å². The Kier molecular flexibility index (Phi) is 4.74. The first-order chi connectivity index (χ1) is 9.56. The predicted molar refractivity (Wildman–Crippen MR) is 76.3 cm³/mol. The molecule has 1 aromatic heterocycles. The molecule has 0 fully saturated rings. The van der Waals surface area contributed by atoms with Crippen LogP contribution in [0.2, 0.25) is 0 Å². The maximum Gasteiger partial charge on any atom is 0.164 e. The van der Waals surface area contributed by atoms with Crippen molar-refractivity contribution in [3.8, 4) is 5.75 Å². The molecule has 0 radical (unpaired) electrons. The zero-order chi connectivity index (χ0) is 14.5. The van der Waals surface area contributed by atoms with Crippen LogP contribution in [-0.2, 0) is 13.2 Å². The Morgan fingerprint density at radius 1 is 1.20 bits per heavy atom. The maximum absolute atomic E-state index is 9.45. The second-order valence-electron chi connectivity index (χ2n) is 5.29. The molecule has 1 heterocycles. The summed E-state index contributed by atoms with van der Waals surface area (Å²) in [5.41, 5.74) is 0.875. The lowest BCUT2D eigenvalue weighted by Crippen LogP contribution is -2.12. The van der Waals surface area contributed by atoms with Crippen LogP contribution in [0.15, 0.2) is 30.6 Å². The predicted octanol–water partition coefficient (Wildman–Crippen LogP) is 2.57. The number of nitrogens with zero attached hydrogens (tertiary/aromatic N) is 3. The van der Waals surface area contributed by atoms with Crippen LogP contribution in [0.1, 0.15) is 38.3 Å². The molecule has 1 atom stereocenters. The minimum atomic E-state index is -0.460. The number of aromatic nitrogens is 3. The van der Waals surface area contributed by atoms with Gasteiger partial charge in [-0.2, -0.15) is 5.10 Å². The average molecular weight is 275 g/mol. The van der Waals surface area contributed by atoms with Crippen molar-refractivity contribution in [1.82, 2.24) is 14.8 Å². The van der Waals surface area contributed by atoms with E-state index in [0.29, 0.717) is 12.5 Å². The van der Waals surface area contributed by atoms with Crippen molar-refractivity contribution in [3.63, 3.8) is 0 Å². The average Bonchev–Trinajstić information content (AvgIpc) is 2.83. The van der Waals surface area contributed by atoms with Gasteiger partial charge in [0.25, 0.3) is 0 Å². The first-order valence-corrected chi connectivity index (χ1v) is 6.83. The third kappa shape index (κ3) is 3.81. The van der Waals surface area contributed by atoms with Crippen LogP contribution in [0.25, 0.3) is 0 Å². The van der Waals surface area contributed by atoms with Crippen molar-refractivity contribution in [3.05, 3.63) is 42.0 Å². The highest BCUT2D eigenvalue weighted by atomic mass is 16.5. The Morgan fingerprint density at radius 3 is 2.50 bits per heavy atom. The normalized spacial score (nSPS) is 12.7. The minimum Gasteiger partial charge on any atom is -0.486 e. The van der Waals surface area contributed by atoms with E-state index in [1.165, 1.54) is 0 Å². The minimum absolute atomic E-state index is 0.390. The van der Waals surface area contributed by atoms with E-state index >= 15 is 0 Å². The molecular weight excluding hydrogens is 254 g/mol. The fourth-order valence-electron chi connectivity index (χ4n) is 1.89. The largest absolute Gasteiger partial charge is 0.486 e. The summed E-state index contributed by atoms with van der Waals surface area (Å²) in [4.78, 5) is 4.22. The molecule has 0 saturated carbocycles. The summed E-state index contributed by atoms with van der Waals surface area (Å²) in [7, 11) is 0. The molecule has 1 aromatic carbocycles. The number of rotatable bonds is 6. The van der Waals surface area contributed by atoms with Gasteiger partial charge in [-0.05, 0) is 30.5 Å². The molecule has 1 unspecified atom stereocenters. The SMILES string of the molecule is CC(C)Cn1ncnc1COc1ccc(C(C)O)cc1. The van der Waals surface area contributed by atoms with Crippen molar-refractivity contribution in [2.24, 2.45) is 5.92 Å². The molecule has 20 heavy (non-hydrogen) atoms. The fraction of sp³-hybridized carbons (Fsp3) is 0.467. The lowest BCUT2D eigenvalue weighted by atomic mass is 10.1. The molecule has 0 aliphatic heterocycles.